The Hall–Kier alpha value is -1.28. The lowest BCUT2D eigenvalue weighted by molar-refractivity contribution is 0.744. The second-order valence-electron chi connectivity index (χ2n) is 5.17. The van der Waals surface area contributed by atoms with Gasteiger partial charge in [-0.2, -0.15) is 4.98 Å². The number of nitrogens with one attached hydrogen (secondary N) is 1. The van der Waals surface area contributed by atoms with Gasteiger partial charge in [0, 0.05) is 22.0 Å². The molecule has 1 atom stereocenters. The topological polar surface area (TPSA) is 76.7 Å². The molecule has 0 unspecified atom stereocenters. The van der Waals surface area contributed by atoms with E-state index in [0.717, 1.165) is 32.9 Å². The van der Waals surface area contributed by atoms with E-state index in [1.54, 1.807) is 22.7 Å². The van der Waals surface area contributed by atoms with Crippen LogP contribution in [0.15, 0.2) is 11.7 Å². The van der Waals surface area contributed by atoms with Crippen LogP contribution in [-0.4, -0.2) is 21.0 Å². The highest BCUT2D eigenvalue weighted by Crippen LogP contribution is 2.35. The summed E-state index contributed by atoms with van der Waals surface area (Å²) in [4.78, 5) is 15.2. The molecule has 0 bridgehead atoms. The van der Waals surface area contributed by atoms with E-state index in [4.69, 9.17) is 17.3 Å². The van der Waals surface area contributed by atoms with Crippen molar-refractivity contribution >= 4 is 50.3 Å². The molecule has 8 heteroatoms. The van der Waals surface area contributed by atoms with E-state index >= 15 is 0 Å². The van der Waals surface area contributed by atoms with Crippen molar-refractivity contribution in [3.8, 4) is 0 Å². The number of rotatable bonds is 5. The number of fused-ring (bicyclic) bond motifs is 1. The summed E-state index contributed by atoms with van der Waals surface area (Å²) < 4.78 is 1.03. The summed E-state index contributed by atoms with van der Waals surface area (Å²) in [7, 11) is 0. The molecule has 0 amide bonds. The van der Waals surface area contributed by atoms with Crippen molar-refractivity contribution in [1.82, 2.24) is 15.0 Å². The van der Waals surface area contributed by atoms with Gasteiger partial charge < -0.3 is 11.1 Å². The highest BCUT2D eigenvalue weighted by molar-refractivity contribution is 7.19. The fourth-order valence-electron chi connectivity index (χ4n) is 2.21. The van der Waals surface area contributed by atoms with Gasteiger partial charge in [-0.15, -0.1) is 22.7 Å². The molecule has 0 radical (unpaired) electrons. The van der Waals surface area contributed by atoms with Gasteiger partial charge in [0.25, 0.3) is 0 Å². The summed E-state index contributed by atoms with van der Waals surface area (Å²) in [6.45, 7) is 4.74. The molecule has 5 nitrogen and oxygen atoms in total. The second kappa shape index (κ2) is 6.45. The monoisotopic (exact) mass is 353 g/mol. The van der Waals surface area contributed by atoms with E-state index < -0.39 is 0 Å². The van der Waals surface area contributed by atoms with Crippen molar-refractivity contribution in [3.05, 3.63) is 32.3 Å². The molecule has 0 saturated heterocycles. The molecule has 116 valence electrons. The molecule has 0 spiro atoms. The summed E-state index contributed by atoms with van der Waals surface area (Å²) in [5.41, 5.74) is 9.80. The summed E-state index contributed by atoms with van der Waals surface area (Å²) in [5.74, 6) is 0.771. The molecule has 3 N–H and O–H groups in total. The van der Waals surface area contributed by atoms with Crippen molar-refractivity contribution in [2.24, 2.45) is 5.73 Å². The van der Waals surface area contributed by atoms with Crippen molar-refractivity contribution < 1.29 is 0 Å². The standard InChI is InChI=1S/C14H16ClN5S2/c1-7(16)3-10-8(2)11-12(22-10)13(20-14(15)19-11)18-5-9-4-17-6-21-9/h4,6-7H,3,5,16H2,1-2H3,(H,18,19,20)/t7-/m0/s1. The number of halogens is 1. The molecule has 0 fully saturated rings. The van der Waals surface area contributed by atoms with Crippen LogP contribution in [0.1, 0.15) is 22.2 Å². The molecule has 3 rings (SSSR count). The van der Waals surface area contributed by atoms with Gasteiger partial charge in [0.05, 0.1) is 22.3 Å². The minimum Gasteiger partial charge on any atom is -0.364 e. The van der Waals surface area contributed by atoms with Crippen LogP contribution in [0.25, 0.3) is 10.2 Å². The van der Waals surface area contributed by atoms with Gasteiger partial charge >= 0.3 is 0 Å². The number of hydrogen-bond donors (Lipinski definition) is 2. The van der Waals surface area contributed by atoms with Gasteiger partial charge in [0.2, 0.25) is 5.28 Å². The van der Waals surface area contributed by atoms with Gasteiger partial charge in [-0.1, -0.05) is 0 Å². The van der Waals surface area contributed by atoms with Crippen molar-refractivity contribution in [1.29, 1.82) is 0 Å². The van der Waals surface area contributed by atoms with Crippen LogP contribution in [0.2, 0.25) is 5.28 Å². The van der Waals surface area contributed by atoms with Gasteiger partial charge in [-0.05, 0) is 37.4 Å². The number of aromatic nitrogens is 3. The Kier molecular flexibility index (Phi) is 4.58. The van der Waals surface area contributed by atoms with Crippen molar-refractivity contribution in [2.45, 2.75) is 32.9 Å². The van der Waals surface area contributed by atoms with E-state index in [2.05, 4.69) is 27.2 Å². The molecular formula is C14H16ClN5S2. The number of nitrogens with two attached hydrogens (primary N) is 1. The normalized spacial score (nSPS) is 12.7. The van der Waals surface area contributed by atoms with Gasteiger partial charge in [-0.25, -0.2) is 4.98 Å². The third-order valence-corrected chi connectivity index (χ3v) is 5.52. The smallest absolute Gasteiger partial charge is 0.224 e. The Morgan fingerprint density at radius 1 is 1.41 bits per heavy atom. The Bertz CT molecular complexity index is 782. The molecule has 3 aromatic rings. The van der Waals surface area contributed by atoms with Crippen LogP contribution in [0.5, 0.6) is 0 Å². The SMILES string of the molecule is Cc1c(C[C@H](C)N)sc2c(NCc3cncs3)nc(Cl)nc12. The molecule has 0 aliphatic rings. The fraction of sp³-hybridized carbons (Fsp3) is 0.357. The maximum absolute atomic E-state index is 6.08. The quantitative estimate of drug-likeness (QED) is 0.685. The minimum atomic E-state index is 0.115. The van der Waals surface area contributed by atoms with E-state index in [9.17, 15) is 0 Å². The van der Waals surface area contributed by atoms with E-state index in [1.807, 2.05) is 18.6 Å². The predicted molar refractivity (Wildman–Crippen MR) is 94.0 cm³/mol. The predicted octanol–water partition coefficient (Wildman–Crippen LogP) is 3.61. The summed E-state index contributed by atoms with van der Waals surface area (Å²) in [6.07, 6.45) is 2.68. The first-order valence-electron chi connectivity index (χ1n) is 6.87. The molecule has 3 heterocycles. The lowest BCUT2D eigenvalue weighted by Crippen LogP contribution is -2.17. The average Bonchev–Trinajstić information content (AvgIpc) is 3.07. The third kappa shape index (κ3) is 3.22. The van der Waals surface area contributed by atoms with Gasteiger partial charge in [-0.3, -0.25) is 4.98 Å². The number of nitrogens with zero attached hydrogens (tertiary/aromatic N) is 3. The average molecular weight is 354 g/mol. The Labute approximate surface area is 141 Å². The maximum atomic E-state index is 6.08. The molecule has 0 saturated carbocycles. The van der Waals surface area contributed by atoms with Crippen LogP contribution in [0.3, 0.4) is 0 Å². The van der Waals surface area contributed by atoms with Crippen LogP contribution >= 0.6 is 34.3 Å². The minimum absolute atomic E-state index is 0.115. The highest BCUT2D eigenvalue weighted by Gasteiger charge is 2.16. The van der Waals surface area contributed by atoms with Crippen molar-refractivity contribution in [2.75, 3.05) is 5.32 Å². The van der Waals surface area contributed by atoms with E-state index in [1.165, 1.54) is 4.88 Å². The van der Waals surface area contributed by atoms with E-state index in [-0.39, 0.29) is 11.3 Å². The molecule has 0 aliphatic heterocycles. The first-order chi connectivity index (χ1) is 10.5. The van der Waals surface area contributed by atoms with Gasteiger partial charge in [0.1, 0.15) is 5.82 Å². The van der Waals surface area contributed by atoms with Crippen LogP contribution < -0.4 is 11.1 Å². The number of hydrogen-bond acceptors (Lipinski definition) is 7. The Balaban J connectivity index is 1.98. The van der Waals surface area contributed by atoms with Crippen LogP contribution in [-0.2, 0) is 13.0 Å². The molecule has 3 aromatic heterocycles. The molecule has 22 heavy (non-hydrogen) atoms. The molecule has 0 aliphatic carbocycles. The zero-order valence-electron chi connectivity index (χ0n) is 12.3. The molecular weight excluding hydrogens is 338 g/mol. The summed E-state index contributed by atoms with van der Waals surface area (Å²) in [5, 5.41) is 3.60. The third-order valence-electron chi connectivity index (χ3n) is 3.26. The van der Waals surface area contributed by atoms with Gasteiger partial charge in [0.15, 0.2) is 0 Å². The first-order valence-corrected chi connectivity index (χ1v) is 8.94. The summed E-state index contributed by atoms with van der Waals surface area (Å²) in [6, 6.07) is 0.115. The molecule has 0 aromatic carbocycles. The fourth-order valence-corrected chi connectivity index (χ4v) is 4.27. The number of anilines is 1. The zero-order valence-corrected chi connectivity index (χ0v) is 14.6. The van der Waals surface area contributed by atoms with Crippen LogP contribution in [0.4, 0.5) is 5.82 Å². The second-order valence-corrected chi connectivity index (χ2v) is 7.59. The zero-order chi connectivity index (χ0) is 15.7. The van der Waals surface area contributed by atoms with Crippen LogP contribution in [0, 0.1) is 6.92 Å². The Morgan fingerprint density at radius 3 is 2.91 bits per heavy atom. The largest absolute Gasteiger partial charge is 0.364 e. The highest BCUT2D eigenvalue weighted by atomic mass is 35.5. The van der Waals surface area contributed by atoms with E-state index in [0.29, 0.717) is 6.54 Å². The lowest BCUT2D eigenvalue weighted by atomic mass is 10.1. The maximum Gasteiger partial charge on any atom is 0.224 e. The summed E-state index contributed by atoms with van der Waals surface area (Å²) >= 11 is 9.37. The Morgan fingerprint density at radius 2 is 2.23 bits per heavy atom. The number of thiazole rings is 1. The number of thiophene rings is 1. The first kappa shape index (κ1) is 15.6. The number of aryl methyl sites for hydroxylation is 1. The lowest BCUT2D eigenvalue weighted by Gasteiger charge is -2.05. The van der Waals surface area contributed by atoms with Crippen molar-refractivity contribution in [3.63, 3.8) is 0 Å².